The van der Waals surface area contributed by atoms with E-state index in [1.807, 2.05) is 0 Å². The van der Waals surface area contributed by atoms with Crippen LogP contribution < -0.4 is 10.6 Å². The van der Waals surface area contributed by atoms with E-state index in [4.69, 9.17) is 5.11 Å². The Balaban J connectivity index is 3.76. The van der Waals surface area contributed by atoms with Crippen LogP contribution in [0.2, 0.25) is 0 Å². The van der Waals surface area contributed by atoms with Crippen molar-refractivity contribution in [1.29, 1.82) is 0 Å². The number of nitrogens with one attached hydrogen (secondary N) is 2. The van der Waals surface area contributed by atoms with E-state index in [0.717, 1.165) is 25.7 Å². The van der Waals surface area contributed by atoms with Gasteiger partial charge in [-0.3, -0.25) is 14.4 Å². The van der Waals surface area contributed by atoms with Crippen LogP contribution in [0.1, 0.15) is 130 Å². The summed E-state index contributed by atoms with van der Waals surface area (Å²) >= 11 is 0. The Bertz CT molecular complexity index is 665. The zero-order valence-electron chi connectivity index (χ0n) is 24.3. The molecule has 0 aliphatic rings. The lowest BCUT2D eigenvalue weighted by molar-refractivity contribution is -0.142. The lowest BCUT2D eigenvalue weighted by Gasteiger charge is -2.34. The monoisotopic (exact) mass is 540 g/mol. The second kappa shape index (κ2) is 23.0. The smallest absolute Gasteiger partial charge is 0.305 e. The number of amides is 2. The molecule has 0 aromatic heterocycles. The highest BCUT2D eigenvalue weighted by Gasteiger charge is 2.39. The summed E-state index contributed by atoms with van der Waals surface area (Å²) in [6, 6.07) is 0. The molecule has 0 aromatic carbocycles. The van der Waals surface area contributed by atoms with E-state index in [0.29, 0.717) is 25.8 Å². The predicted octanol–water partition coefficient (Wildman–Crippen LogP) is 5.26. The summed E-state index contributed by atoms with van der Waals surface area (Å²) < 4.78 is 0. The maximum Gasteiger partial charge on any atom is 0.305 e. The van der Waals surface area contributed by atoms with Crippen LogP contribution in [0.25, 0.3) is 0 Å². The number of rotatable bonds is 25. The van der Waals surface area contributed by atoms with Crippen LogP contribution >= 0.6 is 0 Å². The van der Waals surface area contributed by atoms with Crippen molar-refractivity contribution in [2.45, 2.75) is 142 Å². The van der Waals surface area contributed by atoms with Gasteiger partial charge in [-0.05, 0) is 44.9 Å². The molecule has 0 aliphatic carbocycles. The van der Waals surface area contributed by atoms with Gasteiger partial charge in [0.05, 0.1) is 12.5 Å². The van der Waals surface area contributed by atoms with Gasteiger partial charge in [-0.1, -0.05) is 84.3 Å². The SMILES string of the molecule is CCCCCCCCC=CCCCCCCCC(=O)NCCCC(O)C(C)(C)C(O)C(=O)NCCC(=O)O. The molecule has 0 spiro atoms. The van der Waals surface area contributed by atoms with Gasteiger partial charge in [0.2, 0.25) is 11.8 Å². The fraction of sp³-hybridized carbons (Fsp3) is 0.833. The topological polar surface area (TPSA) is 136 Å². The van der Waals surface area contributed by atoms with Crippen LogP contribution in [0.15, 0.2) is 12.2 Å². The van der Waals surface area contributed by atoms with Gasteiger partial charge in [-0.15, -0.1) is 0 Å². The molecule has 0 fully saturated rings. The maximum atomic E-state index is 12.1. The van der Waals surface area contributed by atoms with Crippen LogP contribution in [0, 0.1) is 5.41 Å². The molecule has 0 aromatic rings. The van der Waals surface area contributed by atoms with E-state index in [-0.39, 0.29) is 18.9 Å². The summed E-state index contributed by atoms with van der Waals surface area (Å²) in [4.78, 5) is 34.6. The summed E-state index contributed by atoms with van der Waals surface area (Å²) in [5.41, 5.74) is -1.11. The average Bonchev–Trinajstić information content (AvgIpc) is 2.87. The Labute approximate surface area is 231 Å². The normalized spacial score (nSPS) is 13.4. The van der Waals surface area contributed by atoms with Crippen LogP contribution in [0.5, 0.6) is 0 Å². The third kappa shape index (κ3) is 19.2. The summed E-state index contributed by atoms with van der Waals surface area (Å²) in [5, 5.41) is 34.7. The minimum atomic E-state index is -1.47. The largest absolute Gasteiger partial charge is 0.481 e. The molecule has 0 rings (SSSR count). The first-order chi connectivity index (χ1) is 18.1. The molecule has 2 unspecified atom stereocenters. The third-order valence-electron chi connectivity index (χ3n) is 7.09. The van der Waals surface area contributed by atoms with Gasteiger partial charge in [0, 0.05) is 24.9 Å². The van der Waals surface area contributed by atoms with Crippen molar-refractivity contribution in [3.05, 3.63) is 12.2 Å². The molecule has 0 aliphatic heterocycles. The Morgan fingerprint density at radius 2 is 1.29 bits per heavy atom. The quantitative estimate of drug-likeness (QED) is 0.0792. The lowest BCUT2D eigenvalue weighted by atomic mass is 9.78. The zero-order chi connectivity index (χ0) is 28.7. The number of carbonyl (C=O) groups is 3. The average molecular weight is 541 g/mol. The van der Waals surface area contributed by atoms with Crippen molar-refractivity contribution < 1.29 is 29.7 Å². The Kier molecular flexibility index (Phi) is 21.8. The molecule has 2 amide bonds. The summed E-state index contributed by atoms with van der Waals surface area (Å²) in [6.07, 6.45) is 19.2. The first kappa shape index (κ1) is 36.1. The molecule has 8 nitrogen and oxygen atoms in total. The number of carbonyl (C=O) groups excluding carboxylic acids is 2. The Hall–Kier alpha value is -1.93. The highest BCUT2D eigenvalue weighted by molar-refractivity contribution is 5.81. The summed E-state index contributed by atoms with van der Waals surface area (Å²) in [5.74, 6) is -1.74. The number of carboxylic acid groups (broad SMARTS) is 1. The predicted molar refractivity (Wildman–Crippen MR) is 153 cm³/mol. The second-order valence-electron chi connectivity index (χ2n) is 11.0. The van der Waals surface area contributed by atoms with E-state index in [2.05, 4.69) is 29.7 Å². The number of aliphatic hydroxyl groups is 2. The lowest BCUT2D eigenvalue weighted by Crippen LogP contribution is -2.49. The number of aliphatic hydroxyl groups excluding tert-OH is 2. The molecule has 5 N–H and O–H groups in total. The van der Waals surface area contributed by atoms with Gasteiger partial charge in [0.15, 0.2) is 0 Å². The highest BCUT2D eigenvalue weighted by atomic mass is 16.4. The third-order valence-corrected chi connectivity index (χ3v) is 7.09. The maximum absolute atomic E-state index is 12.1. The molecular weight excluding hydrogens is 484 g/mol. The van der Waals surface area contributed by atoms with Crippen LogP contribution in [0.3, 0.4) is 0 Å². The van der Waals surface area contributed by atoms with E-state index in [1.54, 1.807) is 13.8 Å². The van der Waals surface area contributed by atoms with Crippen molar-refractivity contribution in [1.82, 2.24) is 10.6 Å². The van der Waals surface area contributed by atoms with Crippen LogP contribution in [0.4, 0.5) is 0 Å². The number of aliphatic carboxylic acids is 1. The summed E-state index contributed by atoms with van der Waals surface area (Å²) in [7, 11) is 0. The first-order valence-electron chi connectivity index (χ1n) is 14.9. The summed E-state index contributed by atoms with van der Waals surface area (Å²) in [6.45, 7) is 5.77. The van der Waals surface area contributed by atoms with E-state index in [1.165, 1.54) is 57.8 Å². The fourth-order valence-electron chi connectivity index (χ4n) is 4.25. The zero-order valence-corrected chi connectivity index (χ0v) is 24.3. The van der Waals surface area contributed by atoms with Crippen LogP contribution in [-0.2, 0) is 14.4 Å². The minimum Gasteiger partial charge on any atom is -0.481 e. The van der Waals surface area contributed by atoms with Crippen molar-refractivity contribution in [2.24, 2.45) is 5.41 Å². The van der Waals surface area contributed by atoms with Gasteiger partial charge in [0.1, 0.15) is 6.10 Å². The second-order valence-corrected chi connectivity index (χ2v) is 11.0. The highest BCUT2D eigenvalue weighted by Crippen LogP contribution is 2.28. The van der Waals surface area contributed by atoms with Crippen molar-refractivity contribution in [3.8, 4) is 0 Å². The van der Waals surface area contributed by atoms with Crippen molar-refractivity contribution >= 4 is 17.8 Å². The van der Waals surface area contributed by atoms with Crippen molar-refractivity contribution in [3.63, 3.8) is 0 Å². The fourth-order valence-corrected chi connectivity index (χ4v) is 4.25. The number of carboxylic acids is 1. The molecule has 0 heterocycles. The van der Waals surface area contributed by atoms with Gasteiger partial charge in [-0.2, -0.15) is 0 Å². The van der Waals surface area contributed by atoms with E-state index in [9.17, 15) is 24.6 Å². The van der Waals surface area contributed by atoms with Crippen molar-refractivity contribution in [2.75, 3.05) is 13.1 Å². The van der Waals surface area contributed by atoms with Gasteiger partial charge in [-0.25, -0.2) is 0 Å². The molecule has 0 saturated carbocycles. The molecule has 38 heavy (non-hydrogen) atoms. The van der Waals surface area contributed by atoms with Gasteiger partial charge >= 0.3 is 5.97 Å². The van der Waals surface area contributed by atoms with Gasteiger partial charge in [0.25, 0.3) is 0 Å². The molecular formula is C30H56N2O6. The molecule has 0 radical (unpaired) electrons. The van der Waals surface area contributed by atoms with Crippen LogP contribution in [-0.4, -0.2) is 58.4 Å². The Morgan fingerprint density at radius 3 is 1.87 bits per heavy atom. The van der Waals surface area contributed by atoms with E-state index >= 15 is 0 Å². The first-order valence-corrected chi connectivity index (χ1v) is 14.9. The molecule has 8 heteroatoms. The molecule has 2 atom stereocenters. The standard InChI is InChI=1S/C30H56N2O6/c1-4-5-6-7-8-9-10-11-12-13-14-15-16-17-18-21-26(34)31-23-19-20-25(33)30(2,3)28(37)29(38)32-24-22-27(35)36/h11-12,25,28,33,37H,4-10,13-24H2,1-3H3,(H,31,34)(H,32,38)(H,35,36). The molecule has 0 bridgehead atoms. The number of unbranched alkanes of at least 4 members (excludes halogenated alkanes) is 11. The number of hydrogen-bond donors (Lipinski definition) is 5. The Morgan fingerprint density at radius 1 is 0.737 bits per heavy atom. The van der Waals surface area contributed by atoms with E-state index < -0.39 is 29.5 Å². The number of hydrogen-bond acceptors (Lipinski definition) is 5. The molecule has 0 saturated heterocycles. The molecule has 222 valence electrons. The van der Waals surface area contributed by atoms with Gasteiger partial charge < -0.3 is 26.0 Å². The number of allylic oxidation sites excluding steroid dienone is 2. The minimum absolute atomic E-state index is 0.00854.